The summed E-state index contributed by atoms with van der Waals surface area (Å²) in [5, 5.41) is 3.08. The monoisotopic (exact) mass is 350 g/mol. The van der Waals surface area contributed by atoms with Gasteiger partial charge in [-0.1, -0.05) is 12.1 Å². The van der Waals surface area contributed by atoms with Crippen molar-refractivity contribution in [2.45, 2.75) is 37.5 Å². The highest BCUT2D eigenvalue weighted by Crippen LogP contribution is 2.49. The van der Waals surface area contributed by atoms with Crippen LogP contribution < -0.4 is 10.2 Å². The van der Waals surface area contributed by atoms with E-state index in [-0.39, 0.29) is 17.6 Å². The van der Waals surface area contributed by atoms with E-state index < -0.39 is 5.41 Å². The topological polar surface area (TPSA) is 49.4 Å². The molecule has 0 bridgehead atoms. The molecule has 0 radical (unpaired) electrons. The number of nitrogens with one attached hydrogen (secondary N) is 1. The Balaban J connectivity index is 1.43. The second-order valence-electron chi connectivity index (χ2n) is 7.48. The summed E-state index contributed by atoms with van der Waals surface area (Å²) >= 11 is 0. The van der Waals surface area contributed by atoms with Crippen molar-refractivity contribution in [3.63, 3.8) is 0 Å². The van der Waals surface area contributed by atoms with Crippen LogP contribution in [0.15, 0.2) is 36.4 Å². The van der Waals surface area contributed by atoms with Gasteiger partial charge in [-0.25, -0.2) is 4.39 Å². The summed E-state index contributed by atoms with van der Waals surface area (Å²) in [5.41, 5.74) is 4.47. The molecule has 132 valence electrons. The van der Waals surface area contributed by atoms with Crippen molar-refractivity contribution in [2.75, 3.05) is 16.8 Å². The Labute approximate surface area is 151 Å². The summed E-state index contributed by atoms with van der Waals surface area (Å²) in [4.78, 5) is 26.9. The second kappa shape index (κ2) is 5.40. The first kappa shape index (κ1) is 15.6. The molecule has 0 spiro atoms. The van der Waals surface area contributed by atoms with Crippen LogP contribution in [0.4, 0.5) is 15.8 Å². The molecule has 2 amide bonds. The quantitative estimate of drug-likeness (QED) is 0.923. The number of carbonyl (C=O) groups excluding carboxylic acids is 2. The van der Waals surface area contributed by atoms with Crippen LogP contribution in [0.2, 0.25) is 0 Å². The summed E-state index contributed by atoms with van der Waals surface area (Å²) in [6.07, 6.45) is 3.66. The van der Waals surface area contributed by atoms with Crippen LogP contribution in [-0.2, 0) is 27.8 Å². The molecule has 2 aromatic rings. The van der Waals surface area contributed by atoms with Crippen LogP contribution in [0.25, 0.3) is 0 Å². The van der Waals surface area contributed by atoms with Crippen molar-refractivity contribution in [1.82, 2.24) is 0 Å². The van der Waals surface area contributed by atoms with Crippen molar-refractivity contribution in [2.24, 2.45) is 0 Å². The number of carbonyl (C=O) groups is 2. The molecule has 2 heterocycles. The largest absolute Gasteiger partial charge is 0.325 e. The Morgan fingerprint density at radius 1 is 1.04 bits per heavy atom. The Morgan fingerprint density at radius 3 is 2.42 bits per heavy atom. The highest BCUT2D eigenvalue weighted by atomic mass is 19.1. The number of nitrogens with zero attached hydrogens (tertiary/aromatic N) is 1. The van der Waals surface area contributed by atoms with Gasteiger partial charge >= 0.3 is 0 Å². The number of amides is 2. The Morgan fingerprint density at radius 2 is 1.73 bits per heavy atom. The van der Waals surface area contributed by atoms with Crippen molar-refractivity contribution in [3.05, 3.63) is 58.9 Å². The van der Waals surface area contributed by atoms with Crippen LogP contribution in [0.3, 0.4) is 0 Å². The van der Waals surface area contributed by atoms with Crippen LogP contribution in [0.5, 0.6) is 0 Å². The van der Waals surface area contributed by atoms with E-state index in [0.29, 0.717) is 6.42 Å². The van der Waals surface area contributed by atoms with Crippen LogP contribution in [-0.4, -0.2) is 18.4 Å². The lowest BCUT2D eigenvalue weighted by atomic mass is 9.94. The predicted octanol–water partition coefficient (Wildman–Crippen LogP) is 3.33. The van der Waals surface area contributed by atoms with Gasteiger partial charge in [-0.3, -0.25) is 9.59 Å². The maximum absolute atomic E-state index is 13.2. The van der Waals surface area contributed by atoms with Crippen LogP contribution >= 0.6 is 0 Å². The second-order valence-corrected chi connectivity index (χ2v) is 7.48. The number of rotatable bonds is 3. The fourth-order valence-corrected chi connectivity index (χ4v) is 4.32. The van der Waals surface area contributed by atoms with Gasteiger partial charge in [0.15, 0.2) is 0 Å². The fourth-order valence-electron chi connectivity index (χ4n) is 4.32. The summed E-state index contributed by atoms with van der Waals surface area (Å²) in [7, 11) is 0. The van der Waals surface area contributed by atoms with Gasteiger partial charge in [-0.05, 0) is 66.6 Å². The van der Waals surface area contributed by atoms with Crippen LogP contribution in [0, 0.1) is 5.82 Å². The molecule has 0 atom stereocenters. The molecular formula is C21H19FN2O2. The van der Waals surface area contributed by atoms with E-state index in [2.05, 4.69) is 5.32 Å². The van der Waals surface area contributed by atoms with E-state index in [1.165, 1.54) is 12.1 Å². The van der Waals surface area contributed by atoms with Crippen molar-refractivity contribution < 1.29 is 14.0 Å². The van der Waals surface area contributed by atoms with E-state index in [1.807, 2.05) is 17.0 Å². The lowest BCUT2D eigenvalue weighted by Crippen LogP contribution is -2.33. The molecule has 2 aromatic carbocycles. The number of aryl methyl sites for hydroxylation is 1. The zero-order valence-electron chi connectivity index (χ0n) is 14.3. The average molecular weight is 350 g/mol. The van der Waals surface area contributed by atoms with E-state index >= 15 is 0 Å². The summed E-state index contributed by atoms with van der Waals surface area (Å²) in [5.74, 6) is -0.124. The van der Waals surface area contributed by atoms with Crippen molar-refractivity contribution >= 4 is 23.2 Å². The SMILES string of the molecule is O=C1CCc2cc(NC(=O)C3(c4ccc(F)cc4)CC3)cc3c2N1CC3. The Kier molecular flexibility index (Phi) is 3.23. The molecule has 4 nitrogen and oxygen atoms in total. The maximum Gasteiger partial charge on any atom is 0.235 e. The molecule has 0 saturated heterocycles. The van der Waals surface area contributed by atoms with Gasteiger partial charge < -0.3 is 10.2 Å². The molecule has 1 aliphatic carbocycles. The third-order valence-electron chi connectivity index (χ3n) is 5.89. The first-order valence-electron chi connectivity index (χ1n) is 9.10. The molecular weight excluding hydrogens is 331 g/mol. The molecule has 3 aliphatic rings. The van der Waals surface area contributed by atoms with Gasteiger partial charge in [0.1, 0.15) is 5.82 Å². The van der Waals surface area contributed by atoms with E-state index in [4.69, 9.17) is 0 Å². The molecule has 5 heteroatoms. The summed E-state index contributed by atoms with van der Waals surface area (Å²) in [6, 6.07) is 10.2. The molecule has 1 fully saturated rings. The Hall–Kier alpha value is -2.69. The smallest absolute Gasteiger partial charge is 0.235 e. The zero-order valence-corrected chi connectivity index (χ0v) is 14.3. The fraction of sp³-hybridized carbons (Fsp3) is 0.333. The lowest BCUT2D eigenvalue weighted by Gasteiger charge is -2.26. The molecule has 26 heavy (non-hydrogen) atoms. The Bertz CT molecular complexity index is 932. The molecule has 2 aliphatic heterocycles. The minimum atomic E-state index is -0.536. The maximum atomic E-state index is 13.2. The lowest BCUT2D eigenvalue weighted by molar-refractivity contribution is -0.119. The molecule has 0 unspecified atom stereocenters. The summed E-state index contributed by atoms with van der Waals surface area (Å²) < 4.78 is 13.2. The number of hydrogen-bond acceptors (Lipinski definition) is 2. The first-order chi connectivity index (χ1) is 12.6. The van der Waals surface area contributed by atoms with E-state index in [0.717, 1.165) is 60.3 Å². The average Bonchev–Trinajstić information content (AvgIpc) is 3.33. The van der Waals surface area contributed by atoms with Crippen LogP contribution in [0.1, 0.15) is 36.0 Å². The molecule has 1 N–H and O–H groups in total. The van der Waals surface area contributed by atoms with Gasteiger partial charge in [-0.15, -0.1) is 0 Å². The highest BCUT2D eigenvalue weighted by molar-refractivity contribution is 6.03. The van der Waals surface area contributed by atoms with Gasteiger partial charge in [0, 0.05) is 18.7 Å². The zero-order chi connectivity index (χ0) is 17.9. The van der Waals surface area contributed by atoms with Gasteiger partial charge in [0.25, 0.3) is 0 Å². The summed E-state index contributed by atoms with van der Waals surface area (Å²) in [6.45, 7) is 0.734. The number of benzene rings is 2. The third kappa shape index (κ3) is 2.26. The molecule has 5 rings (SSSR count). The van der Waals surface area contributed by atoms with Gasteiger partial charge in [0.05, 0.1) is 11.1 Å². The molecule has 0 aromatic heterocycles. The minimum Gasteiger partial charge on any atom is -0.325 e. The van der Waals surface area contributed by atoms with Crippen molar-refractivity contribution in [1.29, 1.82) is 0 Å². The third-order valence-corrected chi connectivity index (χ3v) is 5.89. The molecule has 1 saturated carbocycles. The highest BCUT2D eigenvalue weighted by Gasteiger charge is 2.51. The van der Waals surface area contributed by atoms with Crippen molar-refractivity contribution in [3.8, 4) is 0 Å². The number of halogens is 1. The van der Waals surface area contributed by atoms with E-state index in [1.54, 1.807) is 12.1 Å². The first-order valence-corrected chi connectivity index (χ1v) is 9.10. The predicted molar refractivity (Wildman–Crippen MR) is 96.8 cm³/mol. The number of hydrogen-bond donors (Lipinski definition) is 1. The van der Waals surface area contributed by atoms with Gasteiger partial charge in [0.2, 0.25) is 11.8 Å². The normalized spacial score (nSPS) is 19.3. The minimum absolute atomic E-state index is 0.0296. The van der Waals surface area contributed by atoms with Gasteiger partial charge in [-0.2, -0.15) is 0 Å². The standard InChI is InChI=1S/C21H19FN2O2/c22-16-4-2-15(3-5-16)21(8-9-21)20(26)23-17-11-13-1-6-18(25)24-10-7-14(12-17)19(13)24/h2-5,11-12H,1,6-10H2,(H,23,26). The van der Waals surface area contributed by atoms with E-state index in [9.17, 15) is 14.0 Å². The number of anilines is 2.